The van der Waals surface area contributed by atoms with Crippen LogP contribution in [0.5, 0.6) is 0 Å². The van der Waals surface area contributed by atoms with Crippen LogP contribution in [0.3, 0.4) is 0 Å². The summed E-state index contributed by atoms with van der Waals surface area (Å²) in [6, 6.07) is 10.1. The van der Waals surface area contributed by atoms with E-state index in [0.717, 1.165) is 37.3 Å². The predicted molar refractivity (Wildman–Crippen MR) is 116 cm³/mol. The molecule has 0 spiro atoms. The highest BCUT2D eigenvalue weighted by Crippen LogP contribution is 2.34. The van der Waals surface area contributed by atoms with E-state index in [1.807, 2.05) is 30.3 Å². The predicted octanol–water partition coefficient (Wildman–Crippen LogP) is 4.75. The summed E-state index contributed by atoms with van der Waals surface area (Å²) in [6.45, 7) is 8.38. The molecule has 1 aliphatic heterocycles. The smallest absolute Gasteiger partial charge is 0.257 e. The summed E-state index contributed by atoms with van der Waals surface area (Å²) in [7, 11) is 0. The van der Waals surface area contributed by atoms with E-state index in [1.165, 1.54) is 16.9 Å². The summed E-state index contributed by atoms with van der Waals surface area (Å²) in [5.74, 6) is -0.118. The molecule has 2 N–H and O–H groups in total. The Bertz CT molecular complexity index is 956. The van der Waals surface area contributed by atoms with Gasteiger partial charge in [0.25, 0.3) is 5.91 Å². The Morgan fingerprint density at radius 1 is 1.28 bits per heavy atom. The number of carbonyl (C=O) groups is 1. The minimum atomic E-state index is -0.118. The number of amides is 1. The van der Waals surface area contributed by atoms with Gasteiger partial charge in [-0.1, -0.05) is 32.9 Å². The number of nitrogens with one attached hydrogen (secondary N) is 2. The van der Waals surface area contributed by atoms with Crippen molar-refractivity contribution in [2.45, 2.75) is 51.6 Å². The second kappa shape index (κ2) is 8.08. The van der Waals surface area contributed by atoms with Gasteiger partial charge in [0.2, 0.25) is 0 Å². The summed E-state index contributed by atoms with van der Waals surface area (Å²) in [4.78, 5) is 19.7. The fraction of sp³-hybridized carbons (Fsp3) is 0.409. The number of aromatic amines is 1. The Morgan fingerprint density at radius 2 is 2.07 bits per heavy atom. The SMILES string of the molecule is CC(C)(C)c1ccc(C(=O)Nc2nc([C@@H]3CCCN3Cc3ccn[nH]3)cs2)cc1. The molecule has 2 aromatic heterocycles. The van der Waals surface area contributed by atoms with Gasteiger partial charge in [-0.3, -0.25) is 20.1 Å². The molecule has 3 aromatic rings. The van der Waals surface area contributed by atoms with Gasteiger partial charge < -0.3 is 0 Å². The lowest BCUT2D eigenvalue weighted by atomic mass is 9.87. The topological polar surface area (TPSA) is 73.9 Å². The first-order valence-electron chi connectivity index (χ1n) is 10.00. The van der Waals surface area contributed by atoms with Crippen LogP contribution in [-0.4, -0.2) is 32.5 Å². The van der Waals surface area contributed by atoms with Gasteiger partial charge in [0.15, 0.2) is 5.13 Å². The van der Waals surface area contributed by atoms with E-state index in [-0.39, 0.29) is 17.4 Å². The van der Waals surface area contributed by atoms with E-state index in [4.69, 9.17) is 4.98 Å². The molecule has 0 radical (unpaired) electrons. The molecule has 7 heteroatoms. The molecule has 1 atom stereocenters. The summed E-state index contributed by atoms with van der Waals surface area (Å²) >= 11 is 1.49. The van der Waals surface area contributed by atoms with Crippen molar-refractivity contribution in [2.24, 2.45) is 0 Å². The average molecular weight is 410 g/mol. The zero-order valence-electron chi connectivity index (χ0n) is 17.1. The van der Waals surface area contributed by atoms with Gasteiger partial charge in [0.1, 0.15) is 0 Å². The van der Waals surface area contributed by atoms with Crippen LogP contribution in [0.4, 0.5) is 5.13 Å². The quantitative estimate of drug-likeness (QED) is 0.638. The molecule has 3 heterocycles. The number of benzene rings is 1. The summed E-state index contributed by atoms with van der Waals surface area (Å²) in [5, 5.41) is 12.7. The van der Waals surface area contributed by atoms with Gasteiger partial charge >= 0.3 is 0 Å². The van der Waals surface area contributed by atoms with Crippen LogP contribution in [0.1, 0.15) is 67.0 Å². The molecular weight excluding hydrogens is 382 g/mol. The number of rotatable bonds is 5. The van der Waals surface area contributed by atoms with E-state index >= 15 is 0 Å². The molecule has 6 nitrogen and oxygen atoms in total. The van der Waals surface area contributed by atoms with Gasteiger partial charge in [-0.15, -0.1) is 11.3 Å². The zero-order valence-corrected chi connectivity index (χ0v) is 17.9. The highest BCUT2D eigenvalue weighted by atomic mass is 32.1. The molecular formula is C22H27N5OS. The molecule has 1 saturated heterocycles. The third-order valence-corrected chi connectivity index (χ3v) is 6.17. The lowest BCUT2D eigenvalue weighted by Gasteiger charge is -2.22. The summed E-state index contributed by atoms with van der Waals surface area (Å²) in [6.07, 6.45) is 4.02. The molecule has 1 amide bonds. The standard InChI is InChI=1S/C22H27N5OS/c1-22(2,3)16-8-6-15(7-9-16)20(28)25-21-24-18(14-29-21)19-5-4-12-27(19)13-17-10-11-23-26-17/h6-11,14,19H,4-5,12-13H2,1-3H3,(H,23,26)(H,24,25,28)/t19-/m0/s1. The highest BCUT2D eigenvalue weighted by molar-refractivity contribution is 7.14. The fourth-order valence-corrected chi connectivity index (χ4v) is 4.48. The van der Waals surface area contributed by atoms with Crippen LogP contribution < -0.4 is 5.32 Å². The Labute approximate surface area is 175 Å². The number of nitrogens with zero attached hydrogens (tertiary/aromatic N) is 3. The van der Waals surface area contributed by atoms with E-state index in [1.54, 1.807) is 6.20 Å². The average Bonchev–Trinajstić information content (AvgIpc) is 3.43. The Balaban J connectivity index is 1.41. The number of likely N-dealkylation sites (tertiary alicyclic amines) is 1. The van der Waals surface area contributed by atoms with Crippen LogP contribution in [0, 0.1) is 0 Å². The first-order valence-corrected chi connectivity index (χ1v) is 10.9. The monoisotopic (exact) mass is 409 g/mol. The van der Waals surface area contributed by atoms with E-state index < -0.39 is 0 Å². The molecule has 0 bridgehead atoms. The van der Waals surface area contributed by atoms with Crippen molar-refractivity contribution in [2.75, 3.05) is 11.9 Å². The van der Waals surface area contributed by atoms with Crippen LogP contribution in [-0.2, 0) is 12.0 Å². The minimum Gasteiger partial charge on any atom is -0.298 e. The molecule has 0 unspecified atom stereocenters. The number of carbonyl (C=O) groups excluding carboxylic acids is 1. The Morgan fingerprint density at radius 3 is 2.76 bits per heavy atom. The van der Waals surface area contributed by atoms with Crippen LogP contribution in [0.15, 0.2) is 41.9 Å². The van der Waals surface area contributed by atoms with Crippen molar-refractivity contribution >= 4 is 22.4 Å². The lowest BCUT2D eigenvalue weighted by Crippen LogP contribution is -2.23. The van der Waals surface area contributed by atoms with E-state index in [0.29, 0.717) is 10.7 Å². The largest absolute Gasteiger partial charge is 0.298 e. The number of H-pyrrole nitrogens is 1. The van der Waals surface area contributed by atoms with Gasteiger partial charge in [0.05, 0.1) is 11.7 Å². The number of anilines is 1. The molecule has 1 aliphatic rings. The maximum atomic E-state index is 12.6. The van der Waals surface area contributed by atoms with Gasteiger partial charge in [-0.25, -0.2) is 4.98 Å². The molecule has 152 valence electrons. The zero-order chi connectivity index (χ0) is 20.4. The third kappa shape index (κ3) is 4.57. The lowest BCUT2D eigenvalue weighted by molar-refractivity contribution is 0.102. The van der Waals surface area contributed by atoms with Crippen molar-refractivity contribution in [1.29, 1.82) is 0 Å². The van der Waals surface area contributed by atoms with Crippen LogP contribution >= 0.6 is 11.3 Å². The molecule has 0 aliphatic carbocycles. The third-order valence-electron chi connectivity index (χ3n) is 5.39. The summed E-state index contributed by atoms with van der Waals surface area (Å²) in [5.41, 5.74) is 4.08. The first-order chi connectivity index (χ1) is 13.9. The van der Waals surface area contributed by atoms with Crippen molar-refractivity contribution in [3.8, 4) is 0 Å². The first kappa shape index (κ1) is 19.8. The molecule has 29 heavy (non-hydrogen) atoms. The van der Waals surface area contributed by atoms with Crippen molar-refractivity contribution in [1.82, 2.24) is 20.1 Å². The number of hydrogen-bond donors (Lipinski definition) is 2. The Kier molecular flexibility index (Phi) is 5.52. The number of thiazole rings is 1. The molecule has 0 saturated carbocycles. The number of hydrogen-bond acceptors (Lipinski definition) is 5. The van der Waals surface area contributed by atoms with E-state index in [9.17, 15) is 4.79 Å². The van der Waals surface area contributed by atoms with E-state index in [2.05, 4.69) is 46.6 Å². The second-order valence-corrected chi connectivity index (χ2v) is 9.43. The van der Waals surface area contributed by atoms with Crippen molar-refractivity contribution in [3.63, 3.8) is 0 Å². The van der Waals surface area contributed by atoms with Crippen LogP contribution in [0.2, 0.25) is 0 Å². The summed E-state index contributed by atoms with van der Waals surface area (Å²) < 4.78 is 0. The van der Waals surface area contributed by atoms with Crippen molar-refractivity contribution in [3.05, 3.63) is 64.4 Å². The minimum absolute atomic E-state index is 0.0720. The van der Waals surface area contributed by atoms with Gasteiger partial charge in [0, 0.05) is 29.4 Å². The maximum Gasteiger partial charge on any atom is 0.257 e. The fourth-order valence-electron chi connectivity index (χ4n) is 3.73. The normalized spacial score (nSPS) is 17.6. The molecule has 1 fully saturated rings. The maximum absolute atomic E-state index is 12.6. The number of aromatic nitrogens is 3. The molecule has 1 aromatic carbocycles. The van der Waals surface area contributed by atoms with Crippen molar-refractivity contribution < 1.29 is 4.79 Å². The Hall–Kier alpha value is -2.51. The van der Waals surface area contributed by atoms with Gasteiger partial charge in [-0.05, 0) is 48.6 Å². The van der Waals surface area contributed by atoms with Gasteiger partial charge in [-0.2, -0.15) is 5.10 Å². The second-order valence-electron chi connectivity index (χ2n) is 8.57. The highest BCUT2D eigenvalue weighted by Gasteiger charge is 2.28. The molecule has 4 rings (SSSR count). The van der Waals surface area contributed by atoms with Crippen LogP contribution in [0.25, 0.3) is 0 Å².